The molecule has 0 saturated heterocycles. The maximum Gasteiger partial charge on any atom is 0.131 e. The second kappa shape index (κ2) is 5.45. The van der Waals surface area contributed by atoms with Gasteiger partial charge in [-0.05, 0) is 26.1 Å². The van der Waals surface area contributed by atoms with Crippen LogP contribution in [0, 0.1) is 24.4 Å². The molecule has 0 fully saturated rings. The van der Waals surface area contributed by atoms with Crippen molar-refractivity contribution in [2.45, 2.75) is 13.0 Å². The summed E-state index contributed by atoms with van der Waals surface area (Å²) < 4.78 is 40.6. The molecule has 19 heavy (non-hydrogen) atoms. The molecule has 4 heteroatoms. The van der Waals surface area contributed by atoms with Gasteiger partial charge in [0, 0.05) is 17.2 Å². The zero-order valence-corrected chi connectivity index (χ0v) is 10.7. The van der Waals surface area contributed by atoms with E-state index in [2.05, 4.69) is 5.32 Å². The fourth-order valence-corrected chi connectivity index (χ4v) is 2.10. The summed E-state index contributed by atoms with van der Waals surface area (Å²) >= 11 is 0. The van der Waals surface area contributed by atoms with Gasteiger partial charge >= 0.3 is 0 Å². The summed E-state index contributed by atoms with van der Waals surface area (Å²) in [5.41, 5.74) is 1.43. The first-order valence-corrected chi connectivity index (χ1v) is 5.91. The zero-order chi connectivity index (χ0) is 14.0. The van der Waals surface area contributed by atoms with Crippen LogP contribution in [-0.2, 0) is 0 Å². The lowest BCUT2D eigenvalue weighted by Gasteiger charge is -2.19. The van der Waals surface area contributed by atoms with Crippen LogP contribution in [0.25, 0.3) is 0 Å². The Bertz CT molecular complexity index is 596. The molecule has 0 aliphatic carbocycles. The van der Waals surface area contributed by atoms with Crippen LogP contribution in [0.4, 0.5) is 13.2 Å². The second-order valence-corrected chi connectivity index (χ2v) is 4.41. The summed E-state index contributed by atoms with van der Waals surface area (Å²) in [6, 6.07) is 7.28. The van der Waals surface area contributed by atoms with Gasteiger partial charge in [-0.3, -0.25) is 0 Å². The quantitative estimate of drug-likeness (QED) is 0.891. The maximum absolute atomic E-state index is 13.9. The highest BCUT2D eigenvalue weighted by molar-refractivity contribution is 5.35. The minimum Gasteiger partial charge on any atom is -0.309 e. The van der Waals surface area contributed by atoms with Crippen LogP contribution in [0.15, 0.2) is 36.4 Å². The molecule has 0 aliphatic rings. The molecule has 1 unspecified atom stereocenters. The fraction of sp³-hybridized carbons (Fsp3) is 0.200. The molecule has 0 radical (unpaired) electrons. The SMILES string of the molecule is CNC(c1ccc(F)cc1F)c1cc(C)ccc1F. The molecule has 2 aromatic rings. The highest BCUT2D eigenvalue weighted by Crippen LogP contribution is 2.27. The average molecular weight is 265 g/mol. The van der Waals surface area contributed by atoms with E-state index in [-0.39, 0.29) is 5.56 Å². The molecule has 2 rings (SSSR count). The van der Waals surface area contributed by atoms with Gasteiger partial charge in [0.15, 0.2) is 0 Å². The van der Waals surface area contributed by atoms with Gasteiger partial charge in [-0.25, -0.2) is 13.2 Å². The van der Waals surface area contributed by atoms with Crippen LogP contribution in [-0.4, -0.2) is 7.05 Å². The lowest BCUT2D eigenvalue weighted by atomic mass is 9.96. The summed E-state index contributed by atoms with van der Waals surface area (Å²) in [5.74, 6) is -1.77. The first kappa shape index (κ1) is 13.6. The second-order valence-electron chi connectivity index (χ2n) is 4.41. The molecule has 0 spiro atoms. The number of hydrogen-bond acceptors (Lipinski definition) is 1. The molecular weight excluding hydrogens is 251 g/mol. The van der Waals surface area contributed by atoms with Crippen LogP contribution < -0.4 is 5.32 Å². The first-order chi connectivity index (χ1) is 9.02. The predicted molar refractivity (Wildman–Crippen MR) is 68.4 cm³/mol. The highest BCUT2D eigenvalue weighted by atomic mass is 19.1. The van der Waals surface area contributed by atoms with Gasteiger partial charge in [0.2, 0.25) is 0 Å². The smallest absolute Gasteiger partial charge is 0.131 e. The Morgan fingerprint density at radius 1 is 0.895 bits per heavy atom. The van der Waals surface area contributed by atoms with Crippen molar-refractivity contribution in [1.82, 2.24) is 5.32 Å². The van der Waals surface area contributed by atoms with Gasteiger partial charge in [0.25, 0.3) is 0 Å². The average Bonchev–Trinajstić information content (AvgIpc) is 2.36. The van der Waals surface area contributed by atoms with Crippen molar-refractivity contribution in [3.05, 3.63) is 70.5 Å². The van der Waals surface area contributed by atoms with Crippen molar-refractivity contribution in [2.24, 2.45) is 0 Å². The van der Waals surface area contributed by atoms with Gasteiger partial charge in [-0.1, -0.05) is 23.8 Å². The Morgan fingerprint density at radius 3 is 2.26 bits per heavy atom. The van der Waals surface area contributed by atoms with Gasteiger partial charge < -0.3 is 5.32 Å². The van der Waals surface area contributed by atoms with Crippen molar-refractivity contribution in [1.29, 1.82) is 0 Å². The van der Waals surface area contributed by atoms with E-state index in [1.54, 1.807) is 19.2 Å². The van der Waals surface area contributed by atoms with E-state index >= 15 is 0 Å². The van der Waals surface area contributed by atoms with E-state index in [0.717, 1.165) is 17.7 Å². The summed E-state index contributed by atoms with van der Waals surface area (Å²) in [5, 5.41) is 2.86. The molecular formula is C15H14F3N. The van der Waals surface area contributed by atoms with Crippen molar-refractivity contribution in [3.8, 4) is 0 Å². The molecule has 2 aromatic carbocycles. The van der Waals surface area contributed by atoms with Crippen LogP contribution in [0.5, 0.6) is 0 Å². The van der Waals surface area contributed by atoms with Crippen LogP contribution in [0.3, 0.4) is 0 Å². The van der Waals surface area contributed by atoms with Crippen molar-refractivity contribution >= 4 is 0 Å². The third-order valence-electron chi connectivity index (χ3n) is 3.02. The Morgan fingerprint density at radius 2 is 1.63 bits per heavy atom. The van der Waals surface area contributed by atoms with Crippen LogP contribution >= 0.6 is 0 Å². The molecule has 1 nitrogen and oxygen atoms in total. The zero-order valence-electron chi connectivity index (χ0n) is 10.7. The van der Waals surface area contributed by atoms with Gasteiger partial charge in [0.05, 0.1) is 6.04 Å². The normalized spacial score (nSPS) is 12.5. The molecule has 0 aliphatic heterocycles. The van der Waals surface area contributed by atoms with Crippen molar-refractivity contribution in [2.75, 3.05) is 7.05 Å². The fourth-order valence-electron chi connectivity index (χ4n) is 2.10. The van der Waals surface area contributed by atoms with Gasteiger partial charge in [-0.15, -0.1) is 0 Å². The molecule has 0 amide bonds. The van der Waals surface area contributed by atoms with Crippen molar-refractivity contribution in [3.63, 3.8) is 0 Å². The molecule has 1 atom stereocenters. The van der Waals surface area contributed by atoms with E-state index in [0.29, 0.717) is 5.56 Å². The summed E-state index contributed by atoms with van der Waals surface area (Å²) in [7, 11) is 1.61. The number of rotatable bonds is 3. The third kappa shape index (κ3) is 2.79. The molecule has 0 saturated carbocycles. The maximum atomic E-state index is 13.9. The Hall–Kier alpha value is -1.81. The van der Waals surface area contributed by atoms with Gasteiger partial charge in [0.1, 0.15) is 17.5 Å². The Balaban J connectivity index is 2.52. The molecule has 0 bridgehead atoms. The number of benzene rings is 2. The minimum atomic E-state index is -0.694. The molecule has 100 valence electrons. The lowest BCUT2D eigenvalue weighted by Crippen LogP contribution is -2.20. The van der Waals surface area contributed by atoms with E-state index < -0.39 is 23.5 Å². The first-order valence-electron chi connectivity index (χ1n) is 5.91. The summed E-state index contributed by atoms with van der Waals surface area (Å²) in [6.45, 7) is 1.83. The van der Waals surface area contributed by atoms with Crippen LogP contribution in [0.1, 0.15) is 22.7 Å². The minimum absolute atomic E-state index is 0.216. The standard InChI is InChI=1S/C15H14F3N/c1-9-3-6-13(17)12(7-9)15(19-2)11-5-4-10(16)8-14(11)18/h3-8,15,19H,1-2H3. The number of halogens is 3. The molecule has 0 aromatic heterocycles. The highest BCUT2D eigenvalue weighted by Gasteiger charge is 2.19. The summed E-state index contributed by atoms with van der Waals surface area (Å²) in [4.78, 5) is 0. The number of nitrogens with one attached hydrogen (secondary N) is 1. The third-order valence-corrected chi connectivity index (χ3v) is 3.02. The topological polar surface area (TPSA) is 12.0 Å². The van der Waals surface area contributed by atoms with Gasteiger partial charge in [-0.2, -0.15) is 0 Å². The van der Waals surface area contributed by atoms with Crippen molar-refractivity contribution < 1.29 is 13.2 Å². The van der Waals surface area contributed by atoms with E-state index in [4.69, 9.17) is 0 Å². The Kier molecular flexibility index (Phi) is 3.90. The predicted octanol–water partition coefficient (Wildman–Crippen LogP) is 3.72. The summed E-state index contributed by atoms with van der Waals surface area (Å²) in [6.07, 6.45) is 0. The van der Waals surface area contributed by atoms with E-state index in [9.17, 15) is 13.2 Å². The lowest BCUT2D eigenvalue weighted by molar-refractivity contribution is 0.535. The Labute approximate surface area is 110 Å². The largest absolute Gasteiger partial charge is 0.309 e. The number of hydrogen-bond donors (Lipinski definition) is 1. The van der Waals surface area contributed by atoms with E-state index in [1.807, 2.05) is 6.92 Å². The van der Waals surface area contributed by atoms with Crippen LogP contribution in [0.2, 0.25) is 0 Å². The monoisotopic (exact) mass is 265 g/mol. The molecule has 0 heterocycles. The number of aryl methyl sites for hydroxylation is 1. The molecule has 1 N–H and O–H groups in total. The van der Waals surface area contributed by atoms with E-state index in [1.165, 1.54) is 12.1 Å².